The Morgan fingerprint density at radius 2 is 2.26 bits per heavy atom. The maximum Gasteiger partial charge on any atom is 0.325 e. The largest absolute Gasteiger partial charge is 0.480 e. The van der Waals surface area contributed by atoms with E-state index in [0.717, 1.165) is 0 Å². The number of nitrogens with one attached hydrogen (secondary N) is 1. The topological polar surface area (TPSA) is 116 Å². The fraction of sp³-hybridized carbons (Fsp3) is 0.600. The number of hydrogen-bond acceptors (Lipinski definition) is 6. The van der Waals surface area contributed by atoms with Gasteiger partial charge < -0.3 is 19.9 Å². The van der Waals surface area contributed by atoms with Crippen LogP contribution in [0, 0.1) is 0 Å². The molecule has 106 valence electrons. The fourth-order valence-electron chi connectivity index (χ4n) is 1.18. The van der Waals surface area contributed by atoms with Crippen molar-refractivity contribution in [2.24, 2.45) is 0 Å². The van der Waals surface area contributed by atoms with Crippen molar-refractivity contribution in [1.29, 1.82) is 0 Å². The minimum Gasteiger partial charge on any atom is -0.480 e. The summed E-state index contributed by atoms with van der Waals surface area (Å²) in [7, 11) is 1.55. The fourth-order valence-corrected chi connectivity index (χ4v) is 1.18. The molecule has 0 spiro atoms. The SMILES string of the molecule is COCCOCC(=O)NCc1cn(CC(=O)O)nn1. The second-order valence-corrected chi connectivity index (χ2v) is 3.62. The maximum absolute atomic E-state index is 11.3. The Kier molecular flexibility index (Phi) is 6.47. The van der Waals surface area contributed by atoms with Crippen LogP contribution in [0.4, 0.5) is 0 Å². The second-order valence-electron chi connectivity index (χ2n) is 3.62. The summed E-state index contributed by atoms with van der Waals surface area (Å²) in [5.41, 5.74) is 0.478. The van der Waals surface area contributed by atoms with Crippen molar-refractivity contribution in [3.8, 4) is 0 Å². The van der Waals surface area contributed by atoms with E-state index < -0.39 is 5.97 Å². The second kappa shape index (κ2) is 8.16. The smallest absolute Gasteiger partial charge is 0.325 e. The van der Waals surface area contributed by atoms with Gasteiger partial charge in [-0.1, -0.05) is 5.21 Å². The number of hydrogen-bond donors (Lipinski definition) is 2. The number of carbonyl (C=O) groups is 2. The van der Waals surface area contributed by atoms with Gasteiger partial charge in [0.25, 0.3) is 0 Å². The first-order valence-electron chi connectivity index (χ1n) is 5.56. The van der Waals surface area contributed by atoms with Crippen LogP contribution in [-0.4, -0.2) is 58.9 Å². The van der Waals surface area contributed by atoms with Crippen LogP contribution < -0.4 is 5.32 Å². The van der Waals surface area contributed by atoms with Crippen LogP contribution in [0.2, 0.25) is 0 Å². The Bertz CT molecular complexity index is 420. The standard InChI is InChI=1S/C10H16N4O5/c1-18-2-3-19-7-9(15)11-4-8-5-14(13-12-8)6-10(16)17/h5H,2-4,6-7H2,1H3,(H,11,15)(H,16,17). The molecule has 0 saturated carbocycles. The molecule has 0 fully saturated rings. The highest BCUT2D eigenvalue weighted by atomic mass is 16.5. The summed E-state index contributed by atoms with van der Waals surface area (Å²) in [4.78, 5) is 21.8. The van der Waals surface area contributed by atoms with Gasteiger partial charge in [-0.15, -0.1) is 5.10 Å². The zero-order valence-corrected chi connectivity index (χ0v) is 10.5. The average Bonchev–Trinajstić information content (AvgIpc) is 2.79. The first-order valence-corrected chi connectivity index (χ1v) is 5.56. The molecule has 9 heteroatoms. The predicted molar refractivity (Wildman–Crippen MR) is 62.2 cm³/mol. The van der Waals surface area contributed by atoms with E-state index >= 15 is 0 Å². The van der Waals surface area contributed by atoms with E-state index in [1.165, 1.54) is 10.9 Å². The lowest BCUT2D eigenvalue weighted by atomic mass is 10.4. The van der Waals surface area contributed by atoms with Crippen LogP contribution in [0.15, 0.2) is 6.20 Å². The molecule has 1 heterocycles. The zero-order chi connectivity index (χ0) is 14.1. The summed E-state index contributed by atoms with van der Waals surface area (Å²) < 4.78 is 11.0. The number of carboxylic acid groups (broad SMARTS) is 1. The number of aromatic nitrogens is 3. The lowest BCUT2D eigenvalue weighted by molar-refractivity contribution is -0.138. The third-order valence-corrected chi connectivity index (χ3v) is 2.01. The molecule has 0 atom stereocenters. The lowest BCUT2D eigenvalue weighted by Gasteiger charge is -2.04. The Balaban J connectivity index is 2.22. The molecule has 1 rings (SSSR count). The van der Waals surface area contributed by atoms with Gasteiger partial charge in [-0.25, -0.2) is 4.68 Å². The Morgan fingerprint density at radius 1 is 1.47 bits per heavy atom. The average molecular weight is 272 g/mol. The van der Waals surface area contributed by atoms with Crippen molar-refractivity contribution in [2.75, 3.05) is 26.9 Å². The third kappa shape index (κ3) is 6.48. The predicted octanol–water partition coefficient (Wildman–Crippen LogP) is -1.36. The van der Waals surface area contributed by atoms with Crippen LogP contribution in [0.5, 0.6) is 0 Å². The van der Waals surface area contributed by atoms with Crippen molar-refractivity contribution in [3.05, 3.63) is 11.9 Å². The highest BCUT2D eigenvalue weighted by Crippen LogP contribution is 1.92. The number of carboxylic acids is 1. The normalized spacial score (nSPS) is 10.4. The van der Waals surface area contributed by atoms with E-state index in [1.807, 2.05) is 0 Å². The third-order valence-electron chi connectivity index (χ3n) is 2.01. The van der Waals surface area contributed by atoms with E-state index in [9.17, 15) is 9.59 Å². The van der Waals surface area contributed by atoms with Gasteiger partial charge >= 0.3 is 5.97 Å². The van der Waals surface area contributed by atoms with Crippen molar-refractivity contribution < 1.29 is 24.2 Å². The maximum atomic E-state index is 11.3. The highest BCUT2D eigenvalue weighted by molar-refractivity contribution is 5.77. The van der Waals surface area contributed by atoms with Crippen molar-refractivity contribution in [1.82, 2.24) is 20.3 Å². The Hall–Kier alpha value is -2.00. The van der Waals surface area contributed by atoms with E-state index in [4.69, 9.17) is 14.6 Å². The summed E-state index contributed by atoms with van der Waals surface area (Å²) in [6, 6.07) is 0. The van der Waals surface area contributed by atoms with Gasteiger partial charge in [-0.05, 0) is 0 Å². The van der Waals surface area contributed by atoms with E-state index in [0.29, 0.717) is 18.9 Å². The Morgan fingerprint density at radius 3 is 2.95 bits per heavy atom. The molecule has 0 unspecified atom stereocenters. The van der Waals surface area contributed by atoms with Gasteiger partial charge in [0.15, 0.2) is 0 Å². The monoisotopic (exact) mass is 272 g/mol. The molecule has 0 aliphatic heterocycles. The summed E-state index contributed by atoms with van der Waals surface area (Å²) in [6.07, 6.45) is 1.46. The lowest BCUT2D eigenvalue weighted by Crippen LogP contribution is -2.27. The molecule has 0 aliphatic carbocycles. The van der Waals surface area contributed by atoms with Gasteiger partial charge in [0, 0.05) is 7.11 Å². The van der Waals surface area contributed by atoms with Crippen LogP contribution in [0.3, 0.4) is 0 Å². The molecule has 0 saturated heterocycles. The summed E-state index contributed by atoms with van der Waals surface area (Å²) in [5.74, 6) is -1.30. The van der Waals surface area contributed by atoms with Gasteiger partial charge in [0.1, 0.15) is 18.8 Å². The zero-order valence-electron chi connectivity index (χ0n) is 10.5. The van der Waals surface area contributed by atoms with Crippen molar-refractivity contribution >= 4 is 11.9 Å². The van der Waals surface area contributed by atoms with E-state index in [2.05, 4.69) is 15.6 Å². The van der Waals surface area contributed by atoms with Gasteiger partial charge in [-0.3, -0.25) is 9.59 Å². The molecule has 1 amide bonds. The first-order chi connectivity index (χ1) is 9.11. The molecule has 1 aromatic heterocycles. The number of nitrogens with zero attached hydrogens (tertiary/aromatic N) is 3. The molecule has 0 aromatic carbocycles. The van der Waals surface area contributed by atoms with Gasteiger partial charge in [0.05, 0.1) is 26.0 Å². The van der Waals surface area contributed by atoms with Crippen LogP contribution in [0.1, 0.15) is 5.69 Å². The van der Waals surface area contributed by atoms with Crippen LogP contribution >= 0.6 is 0 Å². The molecule has 19 heavy (non-hydrogen) atoms. The minimum absolute atomic E-state index is 0.0629. The van der Waals surface area contributed by atoms with E-state index in [-0.39, 0.29) is 25.6 Å². The van der Waals surface area contributed by atoms with Crippen LogP contribution in [-0.2, 0) is 32.2 Å². The molecule has 1 aromatic rings. The quantitative estimate of drug-likeness (QED) is 0.533. The molecule has 0 radical (unpaired) electrons. The molecular formula is C10H16N4O5. The summed E-state index contributed by atoms with van der Waals surface area (Å²) >= 11 is 0. The number of rotatable bonds is 9. The minimum atomic E-state index is -1.01. The molecule has 0 bridgehead atoms. The number of aliphatic carboxylic acids is 1. The van der Waals surface area contributed by atoms with E-state index in [1.54, 1.807) is 7.11 Å². The number of ether oxygens (including phenoxy) is 2. The highest BCUT2D eigenvalue weighted by Gasteiger charge is 2.06. The number of carbonyl (C=O) groups excluding carboxylic acids is 1. The Labute approximate surface area is 109 Å². The van der Waals surface area contributed by atoms with Crippen molar-refractivity contribution in [2.45, 2.75) is 13.1 Å². The first kappa shape index (κ1) is 15.1. The molecular weight excluding hydrogens is 256 g/mol. The summed E-state index contributed by atoms with van der Waals surface area (Å²) in [6.45, 7) is 0.620. The van der Waals surface area contributed by atoms with Gasteiger partial charge in [-0.2, -0.15) is 0 Å². The molecule has 9 nitrogen and oxygen atoms in total. The van der Waals surface area contributed by atoms with Crippen molar-refractivity contribution in [3.63, 3.8) is 0 Å². The summed E-state index contributed by atoms with van der Waals surface area (Å²) in [5, 5.41) is 18.5. The van der Waals surface area contributed by atoms with Gasteiger partial charge in [0.2, 0.25) is 5.91 Å². The number of methoxy groups -OCH3 is 1. The molecule has 0 aliphatic rings. The van der Waals surface area contributed by atoms with Crippen LogP contribution in [0.25, 0.3) is 0 Å². The number of amides is 1. The molecule has 2 N–H and O–H groups in total.